The Morgan fingerprint density at radius 1 is 0.895 bits per heavy atom. The molecule has 1 saturated heterocycles. The third-order valence-corrected chi connectivity index (χ3v) is 6.04. The maximum Gasteiger partial charge on any atom is 0.433 e. The zero-order valence-electron chi connectivity index (χ0n) is 19.1. The molecule has 1 fully saturated rings. The molecule has 0 spiro atoms. The third kappa shape index (κ3) is 5.93. The first kappa shape index (κ1) is 29.4. The van der Waals surface area contributed by atoms with Gasteiger partial charge in [-0.3, -0.25) is 4.79 Å². The second-order valence-corrected chi connectivity index (χ2v) is 8.63. The van der Waals surface area contributed by atoms with E-state index < -0.39 is 95.8 Å². The summed E-state index contributed by atoms with van der Waals surface area (Å²) in [6.07, 6.45) is -22.3. The van der Waals surface area contributed by atoms with Crippen molar-refractivity contribution in [2.45, 2.75) is 50.0 Å². The van der Waals surface area contributed by atoms with Crippen LogP contribution in [-0.4, -0.2) is 30.2 Å². The Bertz CT molecular complexity index is 1170. The summed E-state index contributed by atoms with van der Waals surface area (Å²) >= 11 is 0. The van der Waals surface area contributed by atoms with Crippen LogP contribution in [-0.2, 0) is 35.3 Å². The molecular weight excluding hydrogens is 550 g/mol. The molecule has 16 heteroatoms. The number of carbonyl (C=O) groups excluding carboxylic acids is 1. The molecule has 1 aliphatic heterocycles. The fourth-order valence-electron chi connectivity index (χ4n) is 4.13. The summed E-state index contributed by atoms with van der Waals surface area (Å²) in [5, 5.41) is 2.13. The molecule has 1 aromatic carbocycles. The van der Waals surface area contributed by atoms with E-state index in [1.807, 2.05) is 0 Å². The number of pyridine rings is 1. The predicted octanol–water partition coefficient (Wildman–Crippen LogP) is 6.48. The molecule has 0 bridgehead atoms. The van der Waals surface area contributed by atoms with Crippen molar-refractivity contribution in [1.29, 1.82) is 0 Å². The van der Waals surface area contributed by atoms with Gasteiger partial charge in [0.2, 0.25) is 5.91 Å². The van der Waals surface area contributed by atoms with Gasteiger partial charge < -0.3 is 10.2 Å². The van der Waals surface area contributed by atoms with Crippen molar-refractivity contribution < 1.29 is 57.5 Å². The fourth-order valence-corrected chi connectivity index (χ4v) is 4.13. The first-order chi connectivity index (χ1) is 17.1. The molecule has 0 saturated carbocycles. The number of alkyl halides is 12. The maximum atomic E-state index is 14.3. The number of hydrogen-bond donors (Lipinski definition) is 1. The smallest absolute Gasteiger partial charge is 0.355 e. The molecular formula is C22H17F12N3O. The Morgan fingerprint density at radius 2 is 1.45 bits per heavy atom. The van der Waals surface area contributed by atoms with Crippen molar-refractivity contribution in [2.75, 3.05) is 18.0 Å². The molecule has 4 nitrogen and oxygen atoms in total. The molecule has 0 aliphatic carbocycles. The Labute approximate surface area is 206 Å². The lowest BCUT2D eigenvalue weighted by atomic mass is 9.77. The second-order valence-electron chi connectivity index (χ2n) is 8.63. The van der Waals surface area contributed by atoms with E-state index in [-0.39, 0.29) is 18.2 Å². The number of hydrogen-bond acceptors (Lipinski definition) is 3. The zero-order valence-corrected chi connectivity index (χ0v) is 19.1. The van der Waals surface area contributed by atoms with Crippen LogP contribution in [0.2, 0.25) is 0 Å². The first-order valence-corrected chi connectivity index (χ1v) is 10.6. The van der Waals surface area contributed by atoms with Gasteiger partial charge in [0, 0.05) is 32.1 Å². The van der Waals surface area contributed by atoms with Gasteiger partial charge in [-0.1, -0.05) is 6.07 Å². The average Bonchev–Trinajstić information content (AvgIpc) is 3.22. The van der Waals surface area contributed by atoms with Gasteiger partial charge in [-0.05, 0) is 36.2 Å². The van der Waals surface area contributed by atoms with E-state index in [1.54, 1.807) is 0 Å². The van der Waals surface area contributed by atoms with E-state index in [1.165, 1.54) is 0 Å². The molecule has 1 atom stereocenters. The van der Waals surface area contributed by atoms with Crippen molar-refractivity contribution in [3.05, 3.63) is 58.3 Å². The van der Waals surface area contributed by atoms with Crippen molar-refractivity contribution in [3.63, 3.8) is 0 Å². The van der Waals surface area contributed by atoms with Gasteiger partial charge in [0.1, 0.15) is 11.2 Å². The summed E-state index contributed by atoms with van der Waals surface area (Å²) < 4.78 is 163. The Hall–Kier alpha value is -3.20. The molecule has 1 aliphatic rings. The van der Waals surface area contributed by atoms with Crippen LogP contribution >= 0.6 is 0 Å². The topological polar surface area (TPSA) is 45.2 Å². The van der Waals surface area contributed by atoms with Gasteiger partial charge in [-0.2, -0.15) is 52.7 Å². The zero-order chi connectivity index (χ0) is 28.9. The molecule has 210 valence electrons. The molecule has 2 heterocycles. The first-order valence-electron chi connectivity index (χ1n) is 10.6. The average molecular weight is 567 g/mol. The lowest BCUT2D eigenvalue weighted by Gasteiger charge is -2.33. The maximum absolute atomic E-state index is 14.3. The molecule has 1 N–H and O–H groups in total. The fraction of sp³-hybridized carbons (Fsp3) is 0.455. The van der Waals surface area contributed by atoms with Gasteiger partial charge in [0.05, 0.1) is 11.1 Å². The van der Waals surface area contributed by atoms with Crippen molar-refractivity contribution in [1.82, 2.24) is 10.3 Å². The van der Waals surface area contributed by atoms with E-state index in [2.05, 4.69) is 10.3 Å². The molecule has 38 heavy (non-hydrogen) atoms. The van der Waals surface area contributed by atoms with E-state index in [4.69, 9.17) is 0 Å². The highest BCUT2D eigenvalue weighted by atomic mass is 19.4. The molecule has 2 aromatic rings. The van der Waals surface area contributed by atoms with E-state index in [0.29, 0.717) is 4.90 Å². The minimum Gasteiger partial charge on any atom is -0.355 e. The molecule has 0 radical (unpaired) electrons. The summed E-state index contributed by atoms with van der Waals surface area (Å²) in [5.41, 5.74) is -10.5. The summed E-state index contributed by atoms with van der Waals surface area (Å²) in [7, 11) is 0. The van der Waals surface area contributed by atoms with Crippen LogP contribution in [0.25, 0.3) is 0 Å². The van der Waals surface area contributed by atoms with Crippen LogP contribution in [0.3, 0.4) is 0 Å². The quantitative estimate of drug-likeness (QED) is 0.430. The minimum atomic E-state index is -5.41. The van der Waals surface area contributed by atoms with Crippen LogP contribution in [0.15, 0.2) is 30.3 Å². The SMILES string of the molecule is CC(=O)NCc1ccc(N2CCC(c3cc(C(F)(F)F)cc(C(F)(F)F)c3)(C(F)(F)F)C2)nc1C(F)(F)F. The van der Waals surface area contributed by atoms with Gasteiger partial charge in [-0.15, -0.1) is 0 Å². The van der Waals surface area contributed by atoms with Gasteiger partial charge in [0.25, 0.3) is 0 Å². The predicted molar refractivity (Wildman–Crippen MR) is 108 cm³/mol. The highest BCUT2D eigenvalue weighted by Crippen LogP contribution is 2.50. The second kappa shape index (κ2) is 9.52. The molecule has 1 aromatic heterocycles. The Kier molecular flexibility index (Phi) is 7.36. The van der Waals surface area contributed by atoms with Crippen LogP contribution in [0.4, 0.5) is 58.5 Å². The standard InChI is InChI=1S/C22H17F12N3O/c1-11(38)35-9-12-2-3-16(36-17(12)21(29,30)31)37-5-4-18(10-37,22(32,33)34)13-6-14(19(23,24)25)8-15(7-13)20(26,27)28/h2-3,6-8H,4-5,9-10H2,1H3,(H,35,38). The van der Waals surface area contributed by atoms with Gasteiger partial charge >= 0.3 is 24.7 Å². The van der Waals surface area contributed by atoms with Crippen LogP contribution < -0.4 is 10.2 Å². The van der Waals surface area contributed by atoms with Gasteiger partial charge in [0.15, 0.2) is 5.69 Å². The summed E-state index contributed by atoms with van der Waals surface area (Å²) in [5.74, 6) is -1.30. The number of amides is 1. The minimum absolute atomic E-state index is 0.0304. The van der Waals surface area contributed by atoms with Gasteiger partial charge in [-0.25, -0.2) is 4.98 Å². The number of halogens is 12. The monoisotopic (exact) mass is 567 g/mol. The summed E-state index contributed by atoms with van der Waals surface area (Å²) in [6, 6.07) is 1.41. The van der Waals surface area contributed by atoms with Crippen molar-refractivity contribution >= 4 is 11.7 Å². The van der Waals surface area contributed by atoms with Crippen LogP contribution in [0.1, 0.15) is 41.3 Å². The molecule has 1 amide bonds. The number of benzene rings is 1. The van der Waals surface area contributed by atoms with Crippen molar-refractivity contribution in [2.24, 2.45) is 0 Å². The van der Waals surface area contributed by atoms with E-state index in [9.17, 15) is 57.5 Å². The highest BCUT2D eigenvalue weighted by Gasteiger charge is 2.60. The number of nitrogens with one attached hydrogen (secondary N) is 1. The largest absolute Gasteiger partial charge is 0.433 e. The van der Waals surface area contributed by atoms with Crippen LogP contribution in [0, 0.1) is 0 Å². The number of nitrogens with zero attached hydrogens (tertiary/aromatic N) is 2. The normalized spacial score (nSPS) is 19.1. The summed E-state index contributed by atoms with van der Waals surface area (Å²) in [6.45, 7) is -1.53. The summed E-state index contributed by atoms with van der Waals surface area (Å²) in [4.78, 5) is 15.1. The number of anilines is 1. The number of rotatable bonds is 4. The lowest BCUT2D eigenvalue weighted by molar-refractivity contribution is -0.185. The molecule has 1 unspecified atom stereocenters. The number of aromatic nitrogens is 1. The Balaban J connectivity index is 2.11. The number of carbonyl (C=O) groups is 1. The van der Waals surface area contributed by atoms with E-state index in [0.717, 1.165) is 19.1 Å². The van der Waals surface area contributed by atoms with Crippen LogP contribution in [0.5, 0.6) is 0 Å². The lowest BCUT2D eigenvalue weighted by Crippen LogP contribution is -2.45. The van der Waals surface area contributed by atoms with Crippen molar-refractivity contribution in [3.8, 4) is 0 Å². The third-order valence-electron chi connectivity index (χ3n) is 6.04. The van der Waals surface area contributed by atoms with E-state index >= 15 is 0 Å². The molecule has 3 rings (SSSR count). The Morgan fingerprint density at radius 3 is 1.89 bits per heavy atom. The highest BCUT2D eigenvalue weighted by molar-refractivity contribution is 5.72.